The third-order valence-electron chi connectivity index (χ3n) is 0.843. The molecule has 0 heterocycles. The van der Waals surface area contributed by atoms with Gasteiger partial charge in [-0.25, -0.2) is 0 Å². The molecule has 1 rings (SSSR count). The summed E-state index contributed by atoms with van der Waals surface area (Å²) >= 11 is 0.810. The molecule has 0 aliphatic heterocycles. The van der Waals surface area contributed by atoms with Crippen LogP contribution in [-0.4, -0.2) is 41.1 Å². The molecule has 7 N–H and O–H groups in total. The largest absolute Gasteiger partial charge is 0.369 e. The molecule has 0 radical (unpaired) electrons. The summed E-state index contributed by atoms with van der Waals surface area (Å²) < 4.78 is 1.52. The van der Waals surface area contributed by atoms with Gasteiger partial charge in [-0.3, -0.25) is 0 Å². The van der Waals surface area contributed by atoms with Crippen LogP contribution in [0.2, 0.25) is 0 Å². The second-order valence-corrected chi connectivity index (χ2v) is 6.10. The number of carbonyl (C=O) groups excluding carboxylic acids is 1. The molecule has 6 nitrogen and oxygen atoms in total. The molecule has 0 saturated heterocycles. The maximum absolute atomic E-state index is 8.89. The molecule has 0 aliphatic carbocycles. The van der Waals surface area contributed by atoms with E-state index in [4.69, 9.17) is 25.2 Å². The molecule has 0 amide bonds. The number of hydrogen-bond acceptors (Lipinski definition) is 5. The fourth-order valence-electron chi connectivity index (χ4n) is 0.478. The van der Waals surface area contributed by atoms with Crippen LogP contribution in [0.5, 0.6) is 0 Å². The molecule has 123 valence electrons. The average Bonchev–Trinajstić information content (AvgIpc) is 2.32. The minimum absolute atomic E-state index is 0. The van der Waals surface area contributed by atoms with E-state index in [9.17, 15) is 0 Å². The molecule has 0 aliphatic rings. The van der Waals surface area contributed by atoms with Crippen LogP contribution >= 0.6 is 0 Å². The van der Waals surface area contributed by atoms with E-state index in [-0.39, 0.29) is 26.0 Å². The van der Waals surface area contributed by atoms with Gasteiger partial charge in [0.1, 0.15) is 0 Å². The first kappa shape index (κ1) is 32.4. The molecule has 0 atom stereocenters. The van der Waals surface area contributed by atoms with Crippen LogP contribution in [0.1, 0.15) is 27.7 Å². The smallest absolute Gasteiger partial charge is 0.369 e. The zero-order valence-electron chi connectivity index (χ0n) is 13.9. The van der Waals surface area contributed by atoms with Crippen molar-refractivity contribution < 1.29 is 51.3 Å². The predicted molar refractivity (Wildman–Crippen MR) is 81.0 cm³/mol. The van der Waals surface area contributed by atoms with E-state index in [1.165, 1.54) is 3.07 Å². The number of hydrogen-bond donors (Lipinski definition) is 4. The van der Waals surface area contributed by atoms with E-state index in [2.05, 4.69) is 30.3 Å². The number of carbonyl (C=O) groups is 1. The number of benzene rings is 1. The van der Waals surface area contributed by atoms with E-state index < -0.39 is 5.97 Å². The van der Waals surface area contributed by atoms with Crippen LogP contribution in [0.25, 0.3) is 0 Å². The first-order valence-electron chi connectivity index (χ1n) is 6.24. The Balaban J connectivity index is -0.0000000539. The summed E-state index contributed by atoms with van der Waals surface area (Å²) in [5.41, 5.74) is 0. The molecule has 0 saturated carbocycles. The van der Waals surface area contributed by atoms with Gasteiger partial charge in [-0.15, -0.1) is 0 Å². The fraction of sp³-hybridized carbons (Fsp3) is 0.500. The summed E-state index contributed by atoms with van der Waals surface area (Å²) in [5.74, 6) is -1.08. The standard InChI is InChI=1S/C6H5.C2H4O2.3C2H6O.Hg.H3N/c1-2-4-6-5-3-1;1-2(3)4;3*1-2-3;;/h1-5H;1H3,(H,3,4);3*3H,2H2,1H3;;1H3. The van der Waals surface area contributed by atoms with Gasteiger partial charge in [0, 0.05) is 25.8 Å². The van der Waals surface area contributed by atoms with E-state index in [1.54, 1.807) is 20.8 Å². The molecule has 1 aromatic carbocycles. The van der Waals surface area contributed by atoms with Crippen molar-refractivity contribution in [3.8, 4) is 0 Å². The molecule has 0 bridgehead atoms. The van der Waals surface area contributed by atoms with Gasteiger partial charge in [-0.2, -0.15) is 0 Å². The number of carboxylic acid groups (broad SMARTS) is 1. The first-order valence-corrected chi connectivity index (χ1v) is 8.99. The molecular weight excluding hydrogens is 463 g/mol. The summed E-state index contributed by atoms with van der Waals surface area (Å²) in [5, 5.41) is 31.6. The summed E-state index contributed by atoms with van der Waals surface area (Å²) in [7, 11) is 0. The van der Waals surface area contributed by atoms with Crippen LogP contribution in [0.3, 0.4) is 0 Å². The quantitative estimate of drug-likeness (QED) is 0.377. The number of aliphatic carboxylic acids is 1. The number of aliphatic hydroxyl groups excluding tert-OH is 3. The van der Waals surface area contributed by atoms with Crippen molar-refractivity contribution in [2.24, 2.45) is 0 Å². The average molecular weight is 493 g/mol. The van der Waals surface area contributed by atoms with Gasteiger partial charge in [0.25, 0.3) is 0 Å². The summed E-state index contributed by atoms with van der Waals surface area (Å²) in [6.07, 6.45) is 0. The molecule has 1 aromatic rings. The molecule has 0 spiro atoms. The Bertz CT molecular complexity index is 252. The molecule has 0 fully saturated rings. The van der Waals surface area contributed by atoms with Crippen molar-refractivity contribution in [2.45, 2.75) is 27.7 Å². The minimum atomic E-state index is -1.08. The maximum Gasteiger partial charge on any atom is -0.369 e. The Morgan fingerprint density at radius 3 is 1.29 bits per heavy atom. The number of aliphatic hydroxyl groups is 3. The van der Waals surface area contributed by atoms with E-state index in [1.807, 2.05) is 0 Å². The Labute approximate surface area is 144 Å². The van der Waals surface area contributed by atoms with E-state index in [0.717, 1.165) is 33.0 Å². The van der Waals surface area contributed by atoms with Crippen LogP contribution in [0.15, 0.2) is 30.3 Å². The second-order valence-electron chi connectivity index (χ2n) is 2.93. The van der Waals surface area contributed by atoms with Crippen molar-refractivity contribution in [3.05, 3.63) is 30.3 Å². The molecule has 0 aromatic heterocycles. The second kappa shape index (κ2) is 36.6. The van der Waals surface area contributed by atoms with Crippen molar-refractivity contribution >= 4 is 9.04 Å². The zero-order valence-corrected chi connectivity index (χ0v) is 19.4. The van der Waals surface area contributed by atoms with Crippen LogP contribution in [-0.2, 0) is 30.9 Å². The summed E-state index contributed by atoms with van der Waals surface area (Å²) in [4.78, 5) is 8.89. The number of carboxylic acids is 1. The fourth-order valence-corrected chi connectivity index (χ4v) is 1.54. The first-order chi connectivity index (χ1) is 9.37. The SMILES string of the molecule is CC(=O)[O-].CCO.CCO.CCO.[Hg][c]1ccccc1.[NH4+]. The van der Waals surface area contributed by atoms with E-state index in [0.29, 0.717) is 0 Å². The normalized spacial score (nSPS) is 6.71. The van der Waals surface area contributed by atoms with Gasteiger partial charge in [0.05, 0.1) is 0 Å². The third kappa shape index (κ3) is 107. The summed E-state index contributed by atoms with van der Waals surface area (Å²) in [6, 6.07) is 10.6. The Hall–Kier alpha value is -0.535. The number of quaternary nitrogens is 1. The van der Waals surface area contributed by atoms with Gasteiger partial charge >= 0.3 is 59.5 Å². The monoisotopic (exact) mass is 494 g/mol. The van der Waals surface area contributed by atoms with Crippen molar-refractivity contribution in [1.82, 2.24) is 6.15 Å². The molecular formula is C14H30HgNO5. The van der Waals surface area contributed by atoms with Crippen LogP contribution < -0.4 is 14.3 Å². The minimum Gasteiger partial charge on any atom is -0.369 e. The Kier molecular flexibility index (Phi) is 56.5. The van der Waals surface area contributed by atoms with Gasteiger partial charge in [0.2, 0.25) is 0 Å². The molecule has 0 unspecified atom stereocenters. The van der Waals surface area contributed by atoms with Crippen molar-refractivity contribution in [1.29, 1.82) is 0 Å². The third-order valence-corrected chi connectivity index (χ3v) is 2.68. The summed E-state index contributed by atoms with van der Waals surface area (Å²) in [6.45, 7) is 6.76. The van der Waals surface area contributed by atoms with Gasteiger partial charge < -0.3 is 31.4 Å². The van der Waals surface area contributed by atoms with E-state index >= 15 is 0 Å². The molecule has 7 heteroatoms. The molecule has 21 heavy (non-hydrogen) atoms. The van der Waals surface area contributed by atoms with Crippen LogP contribution in [0.4, 0.5) is 0 Å². The zero-order chi connectivity index (χ0) is 16.8. The maximum atomic E-state index is 8.89. The Morgan fingerprint density at radius 2 is 1.19 bits per heavy atom. The van der Waals surface area contributed by atoms with Gasteiger partial charge in [-0.1, -0.05) is 0 Å². The van der Waals surface area contributed by atoms with Crippen LogP contribution in [0, 0.1) is 0 Å². The Morgan fingerprint density at radius 1 is 1.00 bits per heavy atom. The van der Waals surface area contributed by atoms with Crippen molar-refractivity contribution in [2.75, 3.05) is 19.8 Å². The predicted octanol–water partition coefficient (Wildman–Crippen LogP) is -0.0131. The van der Waals surface area contributed by atoms with Gasteiger partial charge in [0.15, 0.2) is 0 Å². The van der Waals surface area contributed by atoms with Crippen molar-refractivity contribution in [3.63, 3.8) is 0 Å². The topological polar surface area (TPSA) is 137 Å². The van der Waals surface area contributed by atoms with Gasteiger partial charge in [-0.05, 0) is 27.7 Å². The number of rotatable bonds is 0.